The molecule has 2 fully saturated rings. The van der Waals surface area contributed by atoms with Gasteiger partial charge in [0.25, 0.3) is 5.91 Å². The molecule has 2 amide bonds. The smallest absolute Gasteiger partial charge is 0.410 e. The van der Waals surface area contributed by atoms with Gasteiger partial charge in [0.15, 0.2) is 0 Å². The zero-order valence-corrected chi connectivity index (χ0v) is 16.9. The predicted octanol–water partition coefficient (Wildman–Crippen LogP) is 3.08. The van der Waals surface area contributed by atoms with E-state index in [9.17, 15) is 9.59 Å². The Balaban J connectivity index is 1.36. The number of carbonyl (C=O) groups excluding carboxylic acids is 2. The van der Waals surface area contributed by atoms with Crippen LogP contribution < -0.4 is 0 Å². The normalized spacial score (nSPS) is 19.7. The van der Waals surface area contributed by atoms with Gasteiger partial charge in [0.05, 0.1) is 12.2 Å². The number of rotatable bonds is 4. The molecule has 8 heteroatoms. The molecule has 0 unspecified atom stereocenters. The summed E-state index contributed by atoms with van der Waals surface area (Å²) in [6.07, 6.45) is 1.07. The summed E-state index contributed by atoms with van der Waals surface area (Å²) >= 11 is 1.13. The molecule has 0 N–H and O–H groups in total. The van der Waals surface area contributed by atoms with Gasteiger partial charge in [-0.15, -0.1) is 5.10 Å². The van der Waals surface area contributed by atoms with Crippen molar-refractivity contribution in [1.82, 2.24) is 19.4 Å². The van der Waals surface area contributed by atoms with Gasteiger partial charge in [-0.25, -0.2) is 4.79 Å². The van der Waals surface area contributed by atoms with Crippen LogP contribution in [0.5, 0.6) is 0 Å². The molecule has 2 aromatic rings. The predicted molar refractivity (Wildman–Crippen MR) is 105 cm³/mol. The van der Waals surface area contributed by atoms with Gasteiger partial charge in [0.2, 0.25) is 0 Å². The van der Waals surface area contributed by atoms with Crippen molar-refractivity contribution in [3.63, 3.8) is 0 Å². The van der Waals surface area contributed by atoms with Crippen LogP contribution in [0.25, 0.3) is 0 Å². The zero-order valence-electron chi connectivity index (χ0n) is 16.1. The summed E-state index contributed by atoms with van der Waals surface area (Å²) in [6, 6.07) is 10.2. The van der Waals surface area contributed by atoms with Crippen molar-refractivity contribution in [2.45, 2.75) is 38.2 Å². The monoisotopic (exact) mass is 400 g/mol. The first-order valence-electron chi connectivity index (χ1n) is 9.58. The van der Waals surface area contributed by atoms with Crippen LogP contribution >= 0.6 is 11.5 Å². The third-order valence-corrected chi connectivity index (χ3v) is 6.53. The van der Waals surface area contributed by atoms with Crippen LogP contribution in [0.1, 0.15) is 46.6 Å². The molecule has 1 aromatic heterocycles. The number of aryl methyl sites for hydroxylation is 1. The Morgan fingerprint density at radius 2 is 2.00 bits per heavy atom. The highest BCUT2D eigenvalue weighted by molar-refractivity contribution is 7.07. The molecule has 28 heavy (non-hydrogen) atoms. The molecule has 2 aliphatic rings. The van der Waals surface area contributed by atoms with Crippen LogP contribution in [-0.4, -0.2) is 63.2 Å². The van der Waals surface area contributed by atoms with Gasteiger partial charge < -0.3 is 14.5 Å². The van der Waals surface area contributed by atoms with Crippen molar-refractivity contribution in [3.8, 4) is 0 Å². The average Bonchev–Trinajstić information content (AvgIpc) is 3.26. The topological polar surface area (TPSA) is 75.6 Å². The van der Waals surface area contributed by atoms with E-state index in [-0.39, 0.29) is 17.9 Å². The molecule has 1 atom stereocenters. The fourth-order valence-electron chi connectivity index (χ4n) is 4.00. The summed E-state index contributed by atoms with van der Waals surface area (Å²) in [5.74, 6) is 0.216. The molecule has 0 saturated carbocycles. The van der Waals surface area contributed by atoms with E-state index in [1.165, 1.54) is 5.56 Å². The molecule has 3 heterocycles. The Labute approximate surface area is 168 Å². The van der Waals surface area contributed by atoms with Crippen molar-refractivity contribution in [1.29, 1.82) is 0 Å². The van der Waals surface area contributed by atoms with Gasteiger partial charge in [0.1, 0.15) is 10.5 Å². The number of benzene rings is 1. The number of piperidine rings is 1. The van der Waals surface area contributed by atoms with Gasteiger partial charge in [-0.3, -0.25) is 4.79 Å². The molecule has 7 nitrogen and oxygen atoms in total. The molecule has 0 aliphatic carbocycles. The largest absolute Gasteiger partial charge is 0.441 e. The highest BCUT2D eigenvalue weighted by atomic mass is 32.1. The number of hydrogen-bond acceptors (Lipinski definition) is 6. The van der Waals surface area contributed by atoms with Crippen LogP contribution in [0.4, 0.5) is 4.79 Å². The molecule has 1 spiro atoms. The molecule has 148 valence electrons. The fourth-order valence-corrected chi connectivity index (χ4v) is 4.62. The Hall–Kier alpha value is -2.48. The summed E-state index contributed by atoms with van der Waals surface area (Å²) < 4.78 is 9.66. The minimum absolute atomic E-state index is 0.0266. The lowest BCUT2D eigenvalue weighted by Gasteiger charge is -2.37. The summed E-state index contributed by atoms with van der Waals surface area (Å²) in [6.45, 7) is 6.30. The first kappa shape index (κ1) is 18.9. The van der Waals surface area contributed by atoms with E-state index in [4.69, 9.17) is 4.74 Å². The van der Waals surface area contributed by atoms with Crippen LogP contribution in [0.2, 0.25) is 0 Å². The van der Waals surface area contributed by atoms with Crippen molar-refractivity contribution < 1.29 is 14.3 Å². The van der Waals surface area contributed by atoms with Crippen LogP contribution in [0, 0.1) is 6.92 Å². The van der Waals surface area contributed by atoms with E-state index in [1.54, 1.807) is 6.92 Å². The summed E-state index contributed by atoms with van der Waals surface area (Å²) in [5.41, 5.74) is 1.40. The molecule has 0 bridgehead atoms. The number of ether oxygens (including phenoxy) is 1. The van der Waals surface area contributed by atoms with E-state index in [1.807, 2.05) is 28.0 Å². The van der Waals surface area contributed by atoms with Crippen molar-refractivity contribution in [3.05, 3.63) is 46.5 Å². The Kier molecular flexibility index (Phi) is 5.05. The fraction of sp³-hybridized carbons (Fsp3) is 0.500. The van der Waals surface area contributed by atoms with E-state index in [0.29, 0.717) is 49.6 Å². The Morgan fingerprint density at radius 3 is 2.64 bits per heavy atom. The maximum Gasteiger partial charge on any atom is 0.410 e. The summed E-state index contributed by atoms with van der Waals surface area (Å²) in [5, 5.41) is 3.92. The van der Waals surface area contributed by atoms with E-state index in [0.717, 1.165) is 11.5 Å². The standard InChI is InChI=1S/C20H24N4O3S/c1-14(16-6-4-3-5-7-16)12-24-13-20(27-19(24)26)8-10-23(11-9-20)18(25)17-15(2)21-22-28-17/h3-7,14H,8-13H2,1-2H3/t14-/m1/s1. The average molecular weight is 401 g/mol. The third-order valence-electron chi connectivity index (χ3n) is 5.71. The van der Waals surface area contributed by atoms with E-state index in [2.05, 4.69) is 28.6 Å². The molecule has 2 saturated heterocycles. The quantitative estimate of drug-likeness (QED) is 0.788. The molecule has 0 radical (unpaired) electrons. The molecule has 2 aliphatic heterocycles. The van der Waals surface area contributed by atoms with Crippen molar-refractivity contribution in [2.75, 3.05) is 26.2 Å². The zero-order chi connectivity index (χ0) is 19.7. The lowest BCUT2D eigenvalue weighted by Crippen LogP contribution is -2.48. The van der Waals surface area contributed by atoms with Gasteiger partial charge in [-0.05, 0) is 29.9 Å². The second kappa shape index (κ2) is 7.50. The highest BCUT2D eigenvalue weighted by Crippen LogP contribution is 2.35. The first-order chi connectivity index (χ1) is 13.5. The molecule has 4 rings (SSSR count). The number of nitrogens with zero attached hydrogens (tertiary/aromatic N) is 4. The minimum atomic E-state index is -0.481. The van der Waals surface area contributed by atoms with Gasteiger partial charge >= 0.3 is 6.09 Å². The highest BCUT2D eigenvalue weighted by Gasteiger charge is 2.47. The molecular weight excluding hydrogens is 376 g/mol. The Bertz CT molecular complexity index is 861. The van der Waals surface area contributed by atoms with Crippen molar-refractivity contribution in [2.24, 2.45) is 0 Å². The Morgan fingerprint density at radius 1 is 1.29 bits per heavy atom. The van der Waals surface area contributed by atoms with Crippen LogP contribution in [-0.2, 0) is 4.74 Å². The first-order valence-corrected chi connectivity index (χ1v) is 10.4. The van der Waals surface area contributed by atoms with Gasteiger partial charge in [-0.2, -0.15) is 0 Å². The van der Waals surface area contributed by atoms with Crippen molar-refractivity contribution >= 4 is 23.5 Å². The van der Waals surface area contributed by atoms with Crippen LogP contribution in [0.15, 0.2) is 30.3 Å². The number of likely N-dealkylation sites (tertiary alicyclic amines) is 1. The maximum absolute atomic E-state index is 12.7. The number of carbonyl (C=O) groups is 2. The number of amides is 2. The second-order valence-electron chi connectivity index (χ2n) is 7.72. The lowest BCUT2D eigenvalue weighted by molar-refractivity contribution is 0.00326. The lowest BCUT2D eigenvalue weighted by atomic mass is 9.91. The molecular formula is C20H24N4O3S. The SMILES string of the molecule is Cc1nnsc1C(=O)N1CCC2(CC1)CN(C[C@@H](C)c1ccccc1)C(=O)O2. The number of aromatic nitrogens is 2. The summed E-state index contributed by atoms with van der Waals surface area (Å²) in [7, 11) is 0. The number of hydrogen-bond donors (Lipinski definition) is 0. The third kappa shape index (κ3) is 3.61. The van der Waals surface area contributed by atoms with E-state index < -0.39 is 5.60 Å². The molecule has 1 aromatic carbocycles. The van der Waals surface area contributed by atoms with Gasteiger partial charge in [-0.1, -0.05) is 41.7 Å². The summed E-state index contributed by atoms with van der Waals surface area (Å²) in [4.78, 5) is 29.3. The maximum atomic E-state index is 12.7. The van der Waals surface area contributed by atoms with Gasteiger partial charge in [0, 0.05) is 32.5 Å². The minimum Gasteiger partial charge on any atom is -0.441 e. The van der Waals surface area contributed by atoms with E-state index >= 15 is 0 Å². The second-order valence-corrected chi connectivity index (χ2v) is 8.48. The van der Waals surface area contributed by atoms with Crippen LogP contribution in [0.3, 0.4) is 0 Å².